The maximum Gasteiger partial charge on any atom is 0.139 e. The number of hydrogen-bond acceptors (Lipinski definition) is 4. The summed E-state index contributed by atoms with van der Waals surface area (Å²) in [6, 6.07) is 13.1. The lowest BCUT2D eigenvalue weighted by Gasteiger charge is -2.30. The first-order valence-corrected chi connectivity index (χ1v) is 9.83. The van der Waals surface area contributed by atoms with E-state index in [1.807, 2.05) is 36.9 Å². The van der Waals surface area contributed by atoms with Crippen LogP contribution in [0.2, 0.25) is 0 Å². The molecule has 0 spiro atoms. The Hall–Kier alpha value is -3.17. The maximum absolute atomic E-state index is 9.04. The molecular formula is C22H22N6. The standard InChI is InChI=1S/C22H22N6/c23-11-15-2-1-3-16(10-15)12-25-17-4-6-18(7-5-17)28-14-27-20-13-26-22-19(21(20)28)8-9-24-22/h1-3,8-10,13-14,17-18,25H,4-7,12H2,(H,24,26)/t17-,18-. The quantitative estimate of drug-likeness (QED) is 0.567. The molecule has 140 valence electrons. The first kappa shape index (κ1) is 17.0. The molecule has 1 aliphatic carbocycles. The molecule has 3 aromatic heterocycles. The van der Waals surface area contributed by atoms with Crippen molar-refractivity contribution in [2.45, 2.75) is 44.3 Å². The number of fused-ring (bicyclic) bond motifs is 3. The van der Waals surface area contributed by atoms with Crippen LogP contribution in [0.5, 0.6) is 0 Å². The monoisotopic (exact) mass is 370 g/mol. The van der Waals surface area contributed by atoms with Gasteiger partial charge in [0.15, 0.2) is 0 Å². The SMILES string of the molecule is N#Cc1cccc(CN[C@H]2CC[C@H](n3cnc4cnc5[nH]ccc5c43)CC2)c1. The van der Waals surface area contributed by atoms with Crippen molar-refractivity contribution in [1.29, 1.82) is 5.26 Å². The van der Waals surface area contributed by atoms with E-state index >= 15 is 0 Å². The van der Waals surface area contributed by atoms with E-state index in [0.29, 0.717) is 12.1 Å². The van der Waals surface area contributed by atoms with E-state index in [1.165, 1.54) is 11.1 Å². The predicted molar refractivity (Wildman–Crippen MR) is 109 cm³/mol. The lowest BCUT2D eigenvalue weighted by molar-refractivity contribution is 0.294. The van der Waals surface area contributed by atoms with Crippen molar-refractivity contribution in [3.63, 3.8) is 0 Å². The molecule has 3 heterocycles. The molecule has 0 aliphatic heterocycles. The van der Waals surface area contributed by atoms with Crippen LogP contribution in [-0.4, -0.2) is 25.6 Å². The van der Waals surface area contributed by atoms with Crippen molar-refractivity contribution in [3.05, 3.63) is 60.2 Å². The van der Waals surface area contributed by atoms with Gasteiger partial charge in [0.1, 0.15) is 11.2 Å². The lowest BCUT2D eigenvalue weighted by Crippen LogP contribution is -2.33. The number of nitrogens with zero attached hydrogens (tertiary/aromatic N) is 4. The maximum atomic E-state index is 9.04. The van der Waals surface area contributed by atoms with Crippen LogP contribution < -0.4 is 5.32 Å². The molecule has 1 aromatic carbocycles. The van der Waals surface area contributed by atoms with Crippen molar-refractivity contribution >= 4 is 22.1 Å². The molecule has 5 rings (SSSR count). The fourth-order valence-corrected chi connectivity index (χ4v) is 4.38. The summed E-state index contributed by atoms with van der Waals surface area (Å²) in [4.78, 5) is 12.2. The summed E-state index contributed by atoms with van der Waals surface area (Å²) in [7, 11) is 0. The van der Waals surface area contributed by atoms with Gasteiger partial charge >= 0.3 is 0 Å². The molecule has 0 amide bonds. The van der Waals surface area contributed by atoms with Gasteiger partial charge in [-0.1, -0.05) is 12.1 Å². The van der Waals surface area contributed by atoms with Gasteiger partial charge in [-0.15, -0.1) is 0 Å². The average Bonchev–Trinajstić information content (AvgIpc) is 3.39. The van der Waals surface area contributed by atoms with Gasteiger partial charge < -0.3 is 14.9 Å². The Morgan fingerprint density at radius 1 is 1.18 bits per heavy atom. The highest BCUT2D eigenvalue weighted by Gasteiger charge is 2.24. The van der Waals surface area contributed by atoms with E-state index in [1.54, 1.807) is 0 Å². The van der Waals surface area contributed by atoms with E-state index in [9.17, 15) is 0 Å². The van der Waals surface area contributed by atoms with E-state index in [0.717, 1.165) is 54.3 Å². The third kappa shape index (κ3) is 3.04. The van der Waals surface area contributed by atoms with Gasteiger partial charge in [-0.05, 0) is 49.4 Å². The molecule has 6 nitrogen and oxygen atoms in total. The molecule has 28 heavy (non-hydrogen) atoms. The Morgan fingerprint density at radius 3 is 2.93 bits per heavy atom. The number of aromatic nitrogens is 4. The van der Waals surface area contributed by atoms with E-state index in [-0.39, 0.29) is 0 Å². The zero-order chi connectivity index (χ0) is 18.9. The van der Waals surface area contributed by atoms with Crippen LogP contribution in [0.4, 0.5) is 0 Å². The third-order valence-electron chi connectivity index (χ3n) is 5.86. The van der Waals surface area contributed by atoms with Crippen LogP contribution in [0.15, 0.2) is 49.1 Å². The summed E-state index contributed by atoms with van der Waals surface area (Å²) in [6.45, 7) is 0.814. The minimum Gasteiger partial charge on any atom is -0.346 e. The minimum absolute atomic E-state index is 0.477. The number of imidazole rings is 1. The van der Waals surface area contributed by atoms with E-state index in [2.05, 4.69) is 43.0 Å². The Morgan fingerprint density at radius 2 is 2.07 bits per heavy atom. The normalized spacial score (nSPS) is 19.8. The highest BCUT2D eigenvalue weighted by atomic mass is 15.1. The number of rotatable bonds is 4. The summed E-state index contributed by atoms with van der Waals surface area (Å²) in [5, 5.41) is 13.9. The van der Waals surface area contributed by atoms with Crippen LogP contribution in [-0.2, 0) is 6.54 Å². The second kappa shape index (κ2) is 7.10. The fraction of sp³-hybridized carbons (Fsp3) is 0.318. The summed E-state index contributed by atoms with van der Waals surface area (Å²) < 4.78 is 2.35. The molecule has 2 N–H and O–H groups in total. The average molecular weight is 370 g/mol. The van der Waals surface area contributed by atoms with Crippen LogP contribution in [0.25, 0.3) is 22.1 Å². The Labute approximate surface area is 163 Å². The number of aromatic amines is 1. The highest BCUT2D eigenvalue weighted by molar-refractivity contribution is 6.00. The van der Waals surface area contributed by atoms with Gasteiger partial charge in [0, 0.05) is 30.2 Å². The first-order valence-electron chi connectivity index (χ1n) is 9.83. The van der Waals surface area contributed by atoms with Gasteiger partial charge in [-0.2, -0.15) is 5.26 Å². The number of H-pyrrole nitrogens is 1. The van der Waals surface area contributed by atoms with E-state index in [4.69, 9.17) is 5.26 Å². The molecule has 6 heteroatoms. The second-order valence-electron chi connectivity index (χ2n) is 7.58. The molecule has 0 unspecified atom stereocenters. The van der Waals surface area contributed by atoms with Crippen molar-refractivity contribution in [2.75, 3.05) is 0 Å². The zero-order valence-corrected chi connectivity index (χ0v) is 15.6. The fourth-order valence-electron chi connectivity index (χ4n) is 4.38. The van der Waals surface area contributed by atoms with Gasteiger partial charge in [0.05, 0.1) is 29.7 Å². The topological polar surface area (TPSA) is 82.3 Å². The molecule has 1 saturated carbocycles. The number of benzene rings is 1. The Balaban J connectivity index is 1.27. The van der Waals surface area contributed by atoms with Gasteiger partial charge in [0.2, 0.25) is 0 Å². The van der Waals surface area contributed by atoms with Crippen LogP contribution in [0, 0.1) is 11.3 Å². The molecular weight excluding hydrogens is 348 g/mol. The van der Waals surface area contributed by atoms with E-state index < -0.39 is 0 Å². The smallest absolute Gasteiger partial charge is 0.139 e. The number of nitrogens with one attached hydrogen (secondary N) is 2. The zero-order valence-electron chi connectivity index (χ0n) is 15.6. The largest absolute Gasteiger partial charge is 0.346 e. The van der Waals surface area contributed by atoms with Gasteiger partial charge in [-0.3, -0.25) is 0 Å². The summed E-state index contributed by atoms with van der Waals surface area (Å²) in [5.41, 5.74) is 4.97. The second-order valence-corrected chi connectivity index (χ2v) is 7.58. The summed E-state index contributed by atoms with van der Waals surface area (Å²) >= 11 is 0. The van der Waals surface area contributed by atoms with Gasteiger partial charge in [-0.25, -0.2) is 9.97 Å². The van der Waals surface area contributed by atoms with Crippen molar-refractivity contribution in [2.24, 2.45) is 0 Å². The third-order valence-corrected chi connectivity index (χ3v) is 5.86. The lowest BCUT2D eigenvalue weighted by atomic mass is 9.90. The summed E-state index contributed by atoms with van der Waals surface area (Å²) in [6.07, 6.45) is 10.3. The number of hydrogen-bond donors (Lipinski definition) is 2. The molecule has 1 aliphatic rings. The highest BCUT2D eigenvalue weighted by Crippen LogP contribution is 2.33. The van der Waals surface area contributed by atoms with Crippen molar-refractivity contribution in [1.82, 2.24) is 24.8 Å². The first-order chi connectivity index (χ1) is 13.8. The molecule has 0 bridgehead atoms. The van der Waals surface area contributed by atoms with Gasteiger partial charge in [0.25, 0.3) is 0 Å². The molecule has 0 atom stereocenters. The predicted octanol–water partition coefficient (Wildman–Crippen LogP) is 4.06. The number of nitriles is 1. The molecule has 0 saturated heterocycles. The molecule has 0 radical (unpaired) electrons. The summed E-state index contributed by atoms with van der Waals surface area (Å²) in [5.74, 6) is 0. The molecule has 1 fully saturated rings. The van der Waals surface area contributed by atoms with Crippen molar-refractivity contribution < 1.29 is 0 Å². The molecule has 4 aromatic rings. The Kier molecular flexibility index (Phi) is 4.30. The van der Waals surface area contributed by atoms with Crippen LogP contribution in [0.1, 0.15) is 42.9 Å². The van der Waals surface area contributed by atoms with Crippen LogP contribution >= 0.6 is 0 Å². The minimum atomic E-state index is 0.477. The van der Waals surface area contributed by atoms with Crippen LogP contribution in [0.3, 0.4) is 0 Å². The Bertz CT molecular complexity index is 1160. The van der Waals surface area contributed by atoms with Crippen molar-refractivity contribution in [3.8, 4) is 6.07 Å². The number of pyridine rings is 1.